The highest BCUT2D eigenvalue weighted by atomic mass is 35.5. The maximum Gasteiger partial charge on any atom is 0.247 e. The molecule has 154 valence electrons. The molecule has 0 spiro atoms. The first-order valence-electron chi connectivity index (χ1n) is 8.92. The number of methoxy groups -OCH3 is 1. The average Bonchev–Trinajstić information content (AvgIpc) is 3.31. The zero-order valence-electron chi connectivity index (χ0n) is 15.8. The van der Waals surface area contributed by atoms with E-state index in [1.165, 1.54) is 28.0 Å². The topological polar surface area (TPSA) is 72.4 Å². The predicted octanol–water partition coefficient (Wildman–Crippen LogP) is 4.92. The van der Waals surface area contributed by atoms with Crippen molar-refractivity contribution in [1.29, 1.82) is 0 Å². The van der Waals surface area contributed by atoms with Crippen LogP contribution in [0, 0.1) is 0 Å². The Morgan fingerprint density at radius 1 is 1.17 bits per heavy atom. The summed E-state index contributed by atoms with van der Waals surface area (Å²) in [6.45, 7) is 0. The molecule has 0 aliphatic carbocycles. The molecule has 1 aliphatic rings. The smallest absolute Gasteiger partial charge is 0.247 e. The highest BCUT2D eigenvalue weighted by molar-refractivity contribution is 8.03. The largest absolute Gasteiger partial charge is 0.497 e. The molecular formula is C20H16ClN3O3S3. The first kappa shape index (κ1) is 21.2. The van der Waals surface area contributed by atoms with Gasteiger partial charge in [0.2, 0.25) is 11.8 Å². The molecule has 0 bridgehead atoms. The number of benzene rings is 2. The SMILES string of the molecule is COc1cccc(N2C(=O)CC(Sc3nnc(SCc4ccc(Cl)cc4)s3)C2=O)c1. The Morgan fingerprint density at radius 3 is 2.70 bits per heavy atom. The Hall–Kier alpha value is -2.07. The molecule has 6 nitrogen and oxygen atoms in total. The van der Waals surface area contributed by atoms with Crippen LogP contribution in [0.1, 0.15) is 12.0 Å². The van der Waals surface area contributed by atoms with E-state index in [1.54, 1.807) is 43.1 Å². The molecule has 2 amide bonds. The van der Waals surface area contributed by atoms with Gasteiger partial charge in [-0.25, -0.2) is 4.90 Å². The molecule has 10 heteroatoms. The predicted molar refractivity (Wildman–Crippen MR) is 121 cm³/mol. The number of amides is 2. The molecule has 1 aliphatic heterocycles. The van der Waals surface area contributed by atoms with Crippen molar-refractivity contribution in [2.24, 2.45) is 0 Å². The summed E-state index contributed by atoms with van der Waals surface area (Å²) in [5.74, 6) is 0.869. The highest BCUT2D eigenvalue weighted by Gasteiger charge is 2.40. The third kappa shape index (κ3) is 4.80. The molecule has 4 rings (SSSR count). The monoisotopic (exact) mass is 477 g/mol. The minimum atomic E-state index is -0.509. The number of hydrogen-bond donors (Lipinski definition) is 0. The molecule has 30 heavy (non-hydrogen) atoms. The Kier molecular flexibility index (Phi) is 6.62. The van der Waals surface area contributed by atoms with E-state index in [0.29, 0.717) is 20.8 Å². The third-order valence-corrected chi connectivity index (χ3v) is 7.97. The number of hydrogen-bond acceptors (Lipinski definition) is 8. The minimum Gasteiger partial charge on any atom is -0.497 e. The fourth-order valence-corrected chi connectivity index (χ4v) is 6.24. The van der Waals surface area contributed by atoms with Crippen molar-refractivity contribution in [3.8, 4) is 5.75 Å². The number of nitrogens with zero attached hydrogens (tertiary/aromatic N) is 3. The second-order valence-corrected chi connectivity index (χ2v) is 10.4. The standard InChI is InChI=1S/C20H16ClN3O3S3/c1-27-15-4-2-3-14(9-15)24-17(25)10-16(18(24)26)29-20-23-22-19(30-20)28-11-12-5-7-13(21)8-6-12/h2-9,16H,10-11H2,1H3. The van der Waals surface area contributed by atoms with Crippen molar-refractivity contribution in [2.45, 2.75) is 26.1 Å². The fourth-order valence-electron chi connectivity index (χ4n) is 2.87. The molecule has 0 radical (unpaired) electrons. The van der Waals surface area contributed by atoms with Crippen LogP contribution >= 0.6 is 46.5 Å². The van der Waals surface area contributed by atoms with E-state index in [9.17, 15) is 9.59 Å². The summed E-state index contributed by atoms with van der Waals surface area (Å²) in [6, 6.07) is 14.6. The van der Waals surface area contributed by atoms with Crippen LogP contribution in [-0.2, 0) is 15.3 Å². The zero-order chi connectivity index (χ0) is 21.1. The fraction of sp³-hybridized carbons (Fsp3) is 0.200. The van der Waals surface area contributed by atoms with Gasteiger partial charge in [-0.05, 0) is 29.8 Å². The van der Waals surface area contributed by atoms with Crippen molar-refractivity contribution in [2.75, 3.05) is 12.0 Å². The lowest BCUT2D eigenvalue weighted by atomic mass is 10.2. The van der Waals surface area contributed by atoms with Gasteiger partial charge >= 0.3 is 0 Å². The number of aromatic nitrogens is 2. The van der Waals surface area contributed by atoms with Crippen LogP contribution in [0.25, 0.3) is 0 Å². The zero-order valence-corrected chi connectivity index (χ0v) is 19.0. The van der Waals surface area contributed by atoms with Crippen molar-refractivity contribution >= 4 is 64.0 Å². The number of carbonyl (C=O) groups is 2. The van der Waals surface area contributed by atoms with Crippen molar-refractivity contribution in [3.63, 3.8) is 0 Å². The van der Waals surface area contributed by atoms with Gasteiger partial charge in [-0.1, -0.05) is 64.7 Å². The van der Waals surface area contributed by atoms with Crippen LogP contribution < -0.4 is 9.64 Å². The molecule has 0 saturated carbocycles. The lowest BCUT2D eigenvalue weighted by Crippen LogP contribution is -2.31. The normalized spacial score (nSPS) is 16.3. The van der Waals surface area contributed by atoms with E-state index < -0.39 is 5.25 Å². The van der Waals surface area contributed by atoms with E-state index in [4.69, 9.17) is 16.3 Å². The van der Waals surface area contributed by atoms with Crippen molar-refractivity contribution in [1.82, 2.24) is 10.2 Å². The summed E-state index contributed by atoms with van der Waals surface area (Å²) in [6.07, 6.45) is 0.132. The van der Waals surface area contributed by atoms with Gasteiger partial charge in [0.15, 0.2) is 8.68 Å². The van der Waals surface area contributed by atoms with Crippen LogP contribution in [-0.4, -0.2) is 34.4 Å². The first-order chi connectivity index (χ1) is 14.5. The van der Waals surface area contributed by atoms with Gasteiger partial charge in [-0.3, -0.25) is 9.59 Å². The van der Waals surface area contributed by atoms with E-state index in [-0.39, 0.29) is 18.2 Å². The summed E-state index contributed by atoms with van der Waals surface area (Å²) >= 11 is 10.2. The number of rotatable bonds is 7. The molecule has 1 atom stereocenters. The summed E-state index contributed by atoms with van der Waals surface area (Å²) in [5, 5.41) is 8.57. The van der Waals surface area contributed by atoms with Crippen molar-refractivity contribution in [3.05, 3.63) is 59.1 Å². The lowest BCUT2D eigenvalue weighted by molar-refractivity contribution is -0.121. The number of imide groups is 1. The molecule has 1 saturated heterocycles. The van der Waals surface area contributed by atoms with E-state index in [0.717, 1.165) is 15.7 Å². The van der Waals surface area contributed by atoms with E-state index >= 15 is 0 Å². The van der Waals surface area contributed by atoms with Gasteiger partial charge in [0.1, 0.15) is 11.0 Å². The summed E-state index contributed by atoms with van der Waals surface area (Å²) in [4.78, 5) is 26.5. The number of halogens is 1. The molecule has 2 heterocycles. The van der Waals surface area contributed by atoms with Crippen LogP contribution in [0.4, 0.5) is 5.69 Å². The lowest BCUT2D eigenvalue weighted by Gasteiger charge is -2.15. The first-order valence-corrected chi connectivity index (χ1v) is 12.0. The molecule has 1 unspecified atom stereocenters. The van der Waals surface area contributed by atoms with Crippen molar-refractivity contribution < 1.29 is 14.3 Å². The number of carbonyl (C=O) groups excluding carboxylic acids is 2. The number of ether oxygens (including phenoxy) is 1. The Morgan fingerprint density at radius 2 is 1.93 bits per heavy atom. The van der Waals surface area contributed by atoms with Gasteiger partial charge in [0.25, 0.3) is 0 Å². The third-order valence-electron chi connectivity index (χ3n) is 4.32. The van der Waals surface area contributed by atoms with Gasteiger partial charge in [0.05, 0.1) is 12.8 Å². The van der Waals surface area contributed by atoms with Crippen LogP contribution in [0.5, 0.6) is 5.75 Å². The highest BCUT2D eigenvalue weighted by Crippen LogP contribution is 2.38. The van der Waals surface area contributed by atoms with Gasteiger partial charge in [-0.15, -0.1) is 10.2 Å². The van der Waals surface area contributed by atoms with E-state index in [2.05, 4.69) is 10.2 Å². The number of anilines is 1. The molecule has 3 aromatic rings. The molecule has 1 aromatic heterocycles. The minimum absolute atomic E-state index is 0.132. The van der Waals surface area contributed by atoms with Gasteiger partial charge in [-0.2, -0.15) is 0 Å². The quantitative estimate of drug-likeness (QED) is 0.353. The Bertz CT molecular complexity index is 1070. The molecule has 0 N–H and O–H groups in total. The summed E-state index contributed by atoms with van der Waals surface area (Å²) in [7, 11) is 1.55. The van der Waals surface area contributed by atoms with Gasteiger partial charge in [0, 0.05) is 23.3 Å². The maximum atomic E-state index is 12.8. The van der Waals surface area contributed by atoms with Crippen LogP contribution in [0.3, 0.4) is 0 Å². The van der Waals surface area contributed by atoms with E-state index in [1.807, 2.05) is 24.3 Å². The van der Waals surface area contributed by atoms with Crippen LogP contribution in [0.2, 0.25) is 5.02 Å². The van der Waals surface area contributed by atoms with Gasteiger partial charge < -0.3 is 4.74 Å². The summed E-state index contributed by atoms with van der Waals surface area (Å²) < 4.78 is 6.68. The second kappa shape index (κ2) is 9.38. The average molecular weight is 478 g/mol. The Labute approximate surface area is 191 Å². The maximum absolute atomic E-state index is 12.8. The molecular weight excluding hydrogens is 462 g/mol. The summed E-state index contributed by atoms with van der Waals surface area (Å²) in [5.41, 5.74) is 1.66. The second-order valence-electron chi connectivity index (χ2n) is 6.33. The molecule has 2 aromatic carbocycles. The molecule has 1 fully saturated rings. The van der Waals surface area contributed by atoms with Crippen LogP contribution in [0.15, 0.2) is 57.2 Å². The number of thioether (sulfide) groups is 2. The Balaban J connectivity index is 1.39.